The van der Waals surface area contributed by atoms with Crippen molar-refractivity contribution in [3.63, 3.8) is 0 Å². The van der Waals surface area contributed by atoms with Gasteiger partial charge in [-0.2, -0.15) is 0 Å². The first kappa shape index (κ1) is 17.3. The van der Waals surface area contributed by atoms with E-state index in [0.717, 1.165) is 48.9 Å². The predicted molar refractivity (Wildman–Crippen MR) is 97.5 cm³/mol. The van der Waals surface area contributed by atoms with Crippen molar-refractivity contribution in [1.82, 2.24) is 0 Å². The van der Waals surface area contributed by atoms with Gasteiger partial charge in [0.05, 0.1) is 11.7 Å². The van der Waals surface area contributed by atoms with Crippen LogP contribution in [0.1, 0.15) is 85.0 Å². The zero-order chi connectivity index (χ0) is 17.1. The van der Waals surface area contributed by atoms with Gasteiger partial charge in [0.2, 0.25) is 0 Å². The van der Waals surface area contributed by atoms with Gasteiger partial charge < -0.3 is 10.2 Å². The van der Waals surface area contributed by atoms with E-state index in [1.54, 1.807) is 0 Å². The number of aliphatic hydroxyl groups is 2. The first-order valence-corrected chi connectivity index (χ1v) is 10.8. The lowest BCUT2D eigenvalue weighted by Gasteiger charge is -2.57. The van der Waals surface area contributed by atoms with Gasteiger partial charge in [-0.1, -0.05) is 13.8 Å². The summed E-state index contributed by atoms with van der Waals surface area (Å²) in [6.07, 6.45) is 12.2. The van der Waals surface area contributed by atoms with E-state index in [4.69, 9.17) is 0 Å². The molecule has 2 nitrogen and oxygen atoms in total. The molecule has 2 unspecified atom stereocenters. The first-order valence-electron chi connectivity index (χ1n) is 10.8. The van der Waals surface area contributed by atoms with Gasteiger partial charge in [-0.25, -0.2) is 0 Å². The van der Waals surface area contributed by atoms with Crippen LogP contribution in [0.25, 0.3) is 0 Å². The molecule has 4 rings (SSSR count). The molecular formula is C22H38O2. The zero-order valence-electron chi connectivity index (χ0n) is 16.0. The van der Waals surface area contributed by atoms with E-state index in [0.29, 0.717) is 11.3 Å². The van der Waals surface area contributed by atoms with E-state index in [-0.39, 0.29) is 11.7 Å². The molecule has 2 N–H and O–H groups in total. The van der Waals surface area contributed by atoms with E-state index >= 15 is 0 Å². The van der Waals surface area contributed by atoms with Crippen LogP contribution in [0.15, 0.2) is 0 Å². The summed E-state index contributed by atoms with van der Waals surface area (Å²) in [5.74, 6) is 4.85. The largest absolute Gasteiger partial charge is 0.393 e. The van der Waals surface area contributed by atoms with Crippen LogP contribution < -0.4 is 0 Å². The average molecular weight is 335 g/mol. The van der Waals surface area contributed by atoms with Crippen LogP contribution in [0.5, 0.6) is 0 Å². The van der Waals surface area contributed by atoms with Crippen LogP contribution in [-0.4, -0.2) is 21.9 Å². The SMILES string of the molecule is CCC1(O)CC[C@H]2[C@H](CC[C@@H]3[C@@H]2CC[C@]2(C)[C@@H](C(C)O)CC[C@@H]32)C1. The summed E-state index contributed by atoms with van der Waals surface area (Å²) in [5.41, 5.74) is 0.0307. The number of aliphatic hydroxyl groups excluding tert-OH is 1. The van der Waals surface area contributed by atoms with Crippen molar-refractivity contribution in [3.05, 3.63) is 0 Å². The summed E-state index contributed by atoms with van der Waals surface area (Å²) >= 11 is 0. The third kappa shape index (κ3) is 2.50. The highest BCUT2D eigenvalue weighted by molar-refractivity contribution is 5.07. The molecule has 0 aliphatic heterocycles. The van der Waals surface area contributed by atoms with Crippen LogP contribution in [0, 0.1) is 40.9 Å². The number of hydrogen-bond acceptors (Lipinski definition) is 2. The number of fused-ring (bicyclic) bond motifs is 5. The normalized spacial score (nSPS) is 55.4. The topological polar surface area (TPSA) is 40.5 Å². The third-order valence-electron chi connectivity index (χ3n) is 9.42. The summed E-state index contributed by atoms with van der Waals surface area (Å²) in [4.78, 5) is 0. The Morgan fingerprint density at radius 1 is 0.958 bits per heavy atom. The molecule has 0 bridgehead atoms. The Morgan fingerprint density at radius 2 is 1.71 bits per heavy atom. The lowest BCUT2D eigenvalue weighted by molar-refractivity contribution is -0.112. The van der Waals surface area contributed by atoms with Crippen LogP contribution in [0.3, 0.4) is 0 Å². The quantitative estimate of drug-likeness (QED) is 0.763. The maximum atomic E-state index is 10.8. The van der Waals surface area contributed by atoms with Crippen molar-refractivity contribution in [2.24, 2.45) is 40.9 Å². The monoisotopic (exact) mass is 334 g/mol. The molecule has 0 radical (unpaired) electrons. The van der Waals surface area contributed by atoms with Crippen molar-refractivity contribution >= 4 is 0 Å². The number of rotatable bonds is 2. The lowest BCUT2D eigenvalue weighted by Crippen LogP contribution is -2.51. The molecule has 0 aromatic rings. The molecule has 0 heterocycles. The van der Waals surface area contributed by atoms with Gasteiger partial charge >= 0.3 is 0 Å². The molecule has 4 aliphatic carbocycles. The Morgan fingerprint density at radius 3 is 2.42 bits per heavy atom. The highest BCUT2D eigenvalue weighted by Crippen LogP contribution is 2.65. The van der Waals surface area contributed by atoms with Crippen molar-refractivity contribution < 1.29 is 10.2 Å². The maximum absolute atomic E-state index is 10.8. The molecule has 0 aromatic carbocycles. The second kappa shape index (κ2) is 5.98. The zero-order valence-corrected chi connectivity index (χ0v) is 16.0. The smallest absolute Gasteiger partial charge is 0.0648 e. The Labute approximate surface area is 148 Å². The fourth-order valence-corrected chi connectivity index (χ4v) is 8.12. The van der Waals surface area contributed by atoms with E-state index in [1.807, 2.05) is 6.92 Å². The lowest BCUT2D eigenvalue weighted by atomic mass is 9.48. The average Bonchev–Trinajstić information content (AvgIpc) is 2.91. The maximum Gasteiger partial charge on any atom is 0.0648 e. The first-order chi connectivity index (χ1) is 11.4. The Hall–Kier alpha value is -0.0800. The molecule has 0 saturated heterocycles. The van der Waals surface area contributed by atoms with Crippen molar-refractivity contribution in [1.29, 1.82) is 0 Å². The van der Waals surface area contributed by atoms with E-state index in [2.05, 4.69) is 13.8 Å². The third-order valence-corrected chi connectivity index (χ3v) is 9.42. The molecule has 9 atom stereocenters. The van der Waals surface area contributed by atoms with Gasteiger partial charge in [-0.3, -0.25) is 0 Å². The Bertz CT molecular complexity index is 475. The van der Waals surface area contributed by atoms with Gasteiger partial charge in [-0.15, -0.1) is 0 Å². The highest BCUT2D eigenvalue weighted by Gasteiger charge is 2.58. The van der Waals surface area contributed by atoms with E-state index < -0.39 is 0 Å². The molecule has 138 valence electrons. The van der Waals surface area contributed by atoms with Gasteiger partial charge in [0.15, 0.2) is 0 Å². The molecule has 0 amide bonds. The van der Waals surface area contributed by atoms with Gasteiger partial charge in [0.25, 0.3) is 0 Å². The van der Waals surface area contributed by atoms with Crippen LogP contribution >= 0.6 is 0 Å². The summed E-state index contributed by atoms with van der Waals surface area (Å²) in [6.45, 7) is 6.68. The molecule has 0 aromatic heterocycles. The van der Waals surface area contributed by atoms with Gasteiger partial charge in [-0.05, 0) is 112 Å². The van der Waals surface area contributed by atoms with Gasteiger partial charge in [0.1, 0.15) is 0 Å². The second-order valence-electron chi connectivity index (χ2n) is 10.2. The molecule has 4 saturated carbocycles. The van der Waals surface area contributed by atoms with E-state index in [9.17, 15) is 10.2 Å². The van der Waals surface area contributed by atoms with E-state index in [1.165, 1.54) is 44.9 Å². The Balaban J connectivity index is 1.53. The molecule has 4 aliphatic rings. The minimum atomic E-state index is -0.359. The summed E-state index contributed by atoms with van der Waals surface area (Å²) in [6, 6.07) is 0. The molecule has 0 spiro atoms. The Kier molecular flexibility index (Phi) is 4.32. The minimum absolute atomic E-state index is 0.137. The minimum Gasteiger partial charge on any atom is -0.393 e. The molecular weight excluding hydrogens is 296 g/mol. The number of hydrogen-bond donors (Lipinski definition) is 2. The standard InChI is InChI=1S/C22H38O2/c1-4-22(24)12-10-16-15(13-22)5-6-18-17(16)9-11-21(3)19(14(2)23)7-8-20(18)21/h14-20,23-24H,4-13H2,1-3H3/t14?,15-,16+,17-,18-,19-,20+,21-,22?/m1/s1. The molecule has 24 heavy (non-hydrogen) atoms. The predicted octanol–water partition coefficient (Wildman–Crippen LogP) is 4.78. The van der Waals surface area contributed by atoms with Crippen molar-refractivity contribution in [3.8, 4) is 0 Å². The van der Waals surface area contributed by atoms with Crippen molar-refractivity contribution in [2.75, 3.05) is 0 Å². The van der Waals surface area contributed by atoms with Crippen molar-refractivity contribution in [2.45, 2.75) is 96.7 Å². The highest BCUT2D eigenvalue weighted by atomic mass is 16.3. The summed E-state index contributed by atoms with van der Waals surface area (Å²) in [7, 11) is 0. The second-order valence-corrected chi connectivity index (χ2v) is 10.2. The summed E-state index contributed by atoms with van der Waals surface area (Å²) in [5, 5.41) is 21.1. The van der Waals surface area contributed by atoms with Gasteiger partial charge in [0, 0.05) is 0 Å². The van der Waals surface area contributed by atoms with Crippen LogP contribution in [0.2, 0.25) is 0 Å². The molecule has 2 heteroatoms. The fourth-order valence-electron chi connectivity index (χ4n) is 8.12. The van der Waals surface area contributed by atoms with Crippen LogP contribution in [-0.2, 0) is 0 Å². The fraction of sp³-hybridized carbons (Fsp3) is 1.00. The summed E-state index contributed by atoms with van der Waals surface area (Å²) < 4.78 is 0. The molecule has 4 fully saturated rings. The van der Waals surface area contributed by atoms with Crippen LogP contribution in [0.4, 0.5) is 0 Å².